The van der Waals surface area contributed by atoms with E-state index in [-0.39, 0.29) is 11.9 Å². The first kappa shape index (κ1) is 12.2. The molecule has 1 saturated carbocycles. The van der Waals surface area contributed by atoms with Gasteiger partial charge in [0, 0.05) is 6.54 Å². The van der Waals surface area contributed by atoms with Gasteiger partial charge in [0.2, 0.25) is 0 Å². The van der Waals surface area contributed by atoms with Gasteiger partial charge in [-0.25, -0.2) is 9.69 Å². The van der Waals surface area contributed by atoms with Crippen molar-refractivity contribution in [2.45, 2.75) is 37.8 Å². The van der Waals surface area contributed by atoms with E-state index in [1.807, 2.05) is 12.1 Å². The van der Waals surface area contributed by atoms with E-state index in [0.717, 1.165) is 31.2 Å². The van der Waals surface area contributed by atoms with Gasteiger partial charge in [-0.2, -0.15) is 0 Å². The Balaban J connectivity index is 1.91. The Bertz CT molecular complexity index is 518. The quantitative estimate of drug-likeness (QED) is 0.790. The molecule has 5 nitrogen and oxygen atoms in total. The van der Waals surface area contributed by atoms with Crippen LogP contribution in [-0.2, 0) is 11.3 Å². The van der Waals surface area contributed by atoms with Gasteiger partial charge in [-0.05, 0) is 30.5 Å². The molecule has 1 aliphatic heterocycles. The summed E-state index contributed by atoms with van der Waals surface area (Å²) < 4.78 is 0. The zero-order valence-electron chi connectivity index (χ0n) is 10.7. The number of benzene rings is 1. The van der Waals surface area contributed by atoms with Crippen molar-refractivity contribution in [1.82, 2.24) is 5.32 Å². The average molecular weight is 259 g/mol. The van der Waals surface area contributed by atoms with Gasteiger partial charge in [0.05, 0.1) is 5.69 Å². The number of nitrogens with zero attached hydrogens (tertiary/aromatic N) is 1. The minimum atomic E-state index is -0.649. The van der Waals surface area contributed by atoms with Crippen LogP contribution in [0.15, 0.2) is 24.3 Å². The van der Waals surface area contributed by atoms with E-state index in [4.69, 9.17) is 5.73 Å². The number of anilines is 1. The Kier molecular flexibility index (Phi) is 2.78. The first-order valence-corrected chi connectivity index (χ1v) is 6.62. The van der Waals surface area contributed by atoms with Crippen molar-refractivity contribution in [3.05, 3.63) is 29.8 Å². The fourth-order valence-corrected chi connectivity index (χ4v) is 2.95. The standard InChI is InChI=1S/C14H17N3O2/c15-9-10-3-5-11(6-4-10)17-12(18)14(16-13(17)19)7-1-2-8-14/h3-6H,1-2,7-9,15H2,(H,16,19). The van der Waals surface area contributed by atoms with Crippen LogP contribution in [0.3, 0.4) is 0 Å². The van der Waals surface area contributed by atoms with Crippen LogP contribution in [0, 0.1) is 0 Å². The number of amides is 3. The Morgan fingerprint density at radius 1 is 1.16 bits per heavy atom. The van der Waals surface area contributed by atoms with Gasteiger partial charge >= 0.3 is 6.03 Å². The number of nitrogens with one attached hydrogen (secondary N) is 1. The number of imide groups is 1. The summed E-state index contributed by atoms with van der Waals surface area (Å²) in [6.07, 6.45) is 3.47. The molecule has 1 aliphatic carbocycles. The lowest BCUT2D eigenvalue weighted by molar-refractivity contribution is -0.121. The Labute approximate surface area is 111 Å². The molecule has 100 valence electrons. The number of nitrogens with two attached hydrogens (primary N) is 1. The van der Waals surface area contributed by atoms with Crippen molar-refractivity contribution in [2.75, 3.05) is 4.90 Å². The predicted molar refractivity (Wildman–Crippen MR) is 71.6 cm³/mol. The van der Waals surface area contributed by atoms with Crippen molar-refractivity contribution in [2.24, 2.45) is 5.73 Å². The van der Waals surface area contributed by atoms with Crippen molar-refractivity contribution in [3.63, 3.8) is 0 Å². The van der Waals surface area contributed by atoms with Gasteiger partial charge in [-0.3, -0.25) is 4.79 Å². The topological polar surface area (TPSA) is 75.4 Å². The fourth-order valence-electron chi connectivity index (χ4n) is 2.95. The lowest BCUT2D eigenvalue weighted by atomic mass is 9.98. The molecule has 3 N–H and O–H groups in total. The highest BCUT2D eigenvalue weighted by Gasteiger charge is 2.52. The van der Waals surface area contributed by atoms with Crippen molar-refractivity contribution >= 4 is 17.6 Å². The normalized spacial score (nSPS) is 21.2. The number of hydrogen-bond acceptors (Lipinski definition) is 3. The summed E-state index contributed by atoms with van der Waals surface area (Å²) in [5, 5.41) is 2.87. The third kappa shape index (κ3) is 1.81. The predicted octanol–water partition coefficient (Wildman–Crippen LogP) is 1.51. The van der Waals surface area contributed by atoms with E-state index in [2.05, 4.69) is 5.32 Å². The van der Waals surface area contributed by atoms with Gasteiger partial charge < -0.3 is 11.1 Å². The van der Waals surface area contributed by atoms with Crippen LogP contribution in [0.2, 0.25) is 0 Å². The second-order valence-corrected chi connectivity index (χ2v) is 5.23. The SMILES string of the molecule is NCc1ccc(N2C(=O)NC3(CCCC3)C2=O)cc1. The molecular formula is C14H17N3O2. The zero-order valence-corrected chi connectivity index (χ0v) is 10.7. The molecule has 0 aromatic heterocycles. The maximum absolute atomic E-state index is 12.5. The Morgan fingerprint density at radius 2 is 1.79 bits per heavy atom. The molecular weight excluding hydrogens is 242 g/mol. The summed E-state index contributed by atoms with van der Waals surface area (Å²) in [6.45, 7) is 0.449. The summed E-state index contributed by atoms with van der Waals surface area (Å²) in [5.74, 6) is -0.115. The van der Waals surface area contributed by atoms with Crippen molar-refractivity contribution in [1.29, 1.82) is 0 Å². The van der Waals surface area contributed by atoms with Crippen LogP contribution in [-0.4, -0.2) is 17.5 Å². The van der Waals surface area contributed by atoms with E-state index < -0.39 is 5.54 Å². The molecule has 0 radical (unpaired) electrons. The second-order valence-electron chi connectivity index (χ2n) is 5.23. The zero-order chi connectivity index (χ0) is 13.5. The molecule has 1 heterocycles. The van der Waals surface area contributed by atoms with E-state index >= 15 is 0 Å². The molecule has 2 aliphatic rings. The Morgan fingerprint density at radius 3 is 2.37 bits per heavy atom. The van der Waals surface area contributed by atoms with Gasteiger partial charge in [0.25, 0.3) is 5.91 Å². The molecule has 1 spiro atoms. The molecule has 0 unspecified atom stereocenters. The third-order valence-electron chi connectivity index (χ3n) is 4.05. The van der Waals surface area contributed by atoms with Crippen LogP contribution in [0.1, 0.15) is 31.2 Å². The summed E-state index contributed by atoms with van der Waals surface area (Å²) >= 11 is 0. The van der Waals surface area contributed by atoms with Crippen LogP contribution >= 0.6 is 0 Å². The molecule has 1 aromatic rings. The molecule has 2 fully saturated rings. The van der Waals surface area contributed by atoms with Crippen LogP contribution in [0.5, 0.6) is 0 Å². The molecule has 19 heavy (non-hydrogen) atoms. The average Bonchev–Trinajstić information content (AvgIpc) is 2.97. The molecule has 1 saturated heterocycles. The number of carbonyl (C=O) groups excluding carboxylic acids is 2. The van der Waals surface area contributed by atoms with Crippen molar-refractivity contribution in [3.8, 4) is 0 Å². The second kappa shape index (κ2) is 4.35. The van der Waals surface area contributed by atoms with Crippen LogP contribution in [0.4, 0.5) is 10.5 Å². The minimum Gasteiger partial charge on any atom is -0.326 e. The lowest BCUT2D eigenvalue weighted by Crippen LogP contribution is -2.44. The largest absolute Gasteiger partial charge is 0.329 e. The van der Waals surface area contributed by atoms with E-state index in [9.17, 15) is 9.59 Å². The number of urea groups is 1. The monoisotopic (exact) mass is 259 g/mol. The highest BCUT2D eigenvalue weighted by Crippen LogP contribution is 2.36. The van der Waals surface area contributed by atoms with Crippen LogP contribution in [0.25, 0.3) is 0 Å². The minimum absolute atomic E-state index is 0.115. The lowest BCUT2D eigenvalue weighted by Gasteiger charge is -2.20. The summed E-state index contributed by atoms with van der Waals surface area (Å²) in [6, 6.07) is 6.92. The molecule has 5 heteroatoms. The molecule has 3 amide bonds. The molecule has 3 rings (SSSR count). The van der Waals surface area contributed by atoms with Gasteiger partial charge in [0.1, 0.15) is 5.54 Å². The number of rotatable bonds is 2. The fraction of sp³-hybridized carbons (Fsp3) is 0.429. The highest BCUT2D eigenvalue weighted by molar-refractivity contribution is 6.23. The van der Waals surface area contributed by atoms with E-state index in [1.54, 1.807) is 12.1 Å². The van der Waals surface area contributed by atoms with E-state index in [0.29, 0.717) is 12.2 Å². The van der Waals surface area contributed by atoms with Crippen LogP contribution < -0.4 is 16.0 Å². The number of carbonyl (C=O) groups is 2. The number of hydrogen-bond donors (Lipinski definition) is 2. The molecule has 0 atom stereocenters. The van der Waals surface area contributed by atoms with Gasteiger partial charge in [-0.1, -0.05) is 25.0 Å². The van der Waals surface area contributed by atoms with Gasteiger partial charge in [0.15, 0.2) is 0 Å². The summed E-state index contributed by atoms with van der Waals surface area (Å²) in [7, 11) is 0. The first-order chi connectivity index (χ1) is 9.16. The first-order valence-electron chi connectivity index (χ1n) is 6.62. The summed E-state index contributed by atoms with van der Waals surface area (Å²) in [5.41, 5.74) is 6.49. The van der Waals surface area contributed by atoms with Gasteiger partial charge in [-0.15, -0.1) is 0 Å². The Hall–Kier alpha value is -1.88. The maximum atomic E-state index is 12.5. The maximum Gasteiger partial charge on any atom is 0.329 e. The molecule has 1 aromatic carbocycles. The highest BCUT2D eigenvalue weighted by atomic mass is 16.2. The van der Waals surface area contributed by atoms with E-state index in [1.165, 1.54) is 4.90 Å². The molecule has 0 bridgehead atoms. The summed E-state index contributed by atoms with van der Waals surface area (Å²) in [4.78, 5) is 25.8. The van der Waals surface area contributed by atoms with Crippen molar-refractivity contribution < 1.29 is 9.59 Å². The smallest absolute Gasteiger partial charge is 0.326 e. The third-order valence-corrected chi connectivity index (χ3v) is 4.05.